The van der Waals surface area contributed by atoms with E-state index >= 15 is 0 Å². The van der Waals surface area contributed by atoms with Crippen LogP contribution in [0.3, 0.4) is 0 Å². The SMILES string of the molecule is CC(C)N1CCOC(CN2CCCN(c3cccc(C(=O)Nc4ccncc4)n3)CC2)C1. The predicted octanol–water partition coefficient (Wildman–Crippen LogP) is 2.35. The molecule has 0 spiro atoms. The minimum atomic E-state index is -0.210. The summed E-state index contributed by atoms with van der Waals surface area (Å²) in [7, 11) is 0. The van der Waals surface area contributed by atoms with Crippen molar-refractivity contribution in [3.8, 4) is 0 Å². The van der Waals surface area contributed by atoms with Gasteiger partial charge < -0.3 is 15.0 Å². The number of rotatable bonds is 6. The summed E-state index contributed by atoms with van der Waals surface area (Å²) in [6, 6.07) is 9.75. The number of anilines is 2. The van der Waals surface area contributed by atoms with Crippen LogP contribution in [0, 0.1) is 0 Å². The summed E-state index contributed by atoms with van der Waals surface area (Å²) in [5.74, 6) is 0.646. The summed E-state index contributed by atoms with van der Waals surface area (Å²) in [5.41, 5.74) is 1.13. The van der Waals surface area contributed by atoms with Crippen molar-refractivity contribution in [3.05, 3.63) is 48.4 Å². The lowest BCUT2D eigenvalue weighted by atomic mass is 10.2. The molecule has 0 saturated carbocycles. The van der Waals surface area contributed by atoms with Crippen molar-refractivity contribution >= 4 is 17.4 Å². The molecule has 0 bridgehead atoms. The van der Waals surface area contributed by atoms with Gasteiger partial charge in [-0.25, -0.2) is 4.98 Å². The van der Waals surface area contributed by atoms with Gasteiger partial charge in [0.25, 0.3) is 5.91 Å². The fourth-order valence-electron chi connectivity index (χ4n) is 4.35. The molecule has 2 fully saturated rings. The quantitative estimate of drug-likeness (QED) is 0.742. The first-order valence-corrected chi connectivity index (χ1v) is 11.6. The number of nitrogens with zero attached hydrogens (tertiary/aromatic N) is 5. The lowest BCUT2D eigenvalue weighted by Crippen LogP contribution is -2.50. The van der Waals surface area contributed by atoms with Crippen LogP contribution >= 0.6 is 0 Å². The van der Waals surface area contributed by atoms with Crippen LogP contribution in [0.15, 0.2) is 42.7 Å². The zero-order valence-corrected chi connectivity index (χ0v) is 19.1. The standard InChI is InChI=1S/C24H34N6O2/c1-19(2)30-15-16-32-21(18-30)17-28-11-4-12-29(14-13-28)23-6-3-5-22(27-23)24(31)26-20-7-9-25-10-8-20/h3,5-10,19,21H,4,11-18H2,1-2H3,(H,25,26,31). The summed E-state index contributed by atoms with van der Waals surface area (Å²) in [6.07, 6.45) is 4.65. The zero-order valence-electron chi connectivity index (χ0n) is 19.1. The molecule has 1 N–H and O–H groups in total. The van der Waals surface area contributed by atoms with E-state index in [2.05, 4.69) is 43.8 Å². The molecule has 2 saturated heterocycles. The first-order valence-electron chi connectivity index (χ1n) is 11.6. The van der Waals surface area contributed by atoms with E-state index in [1.807, 2.05) is 12.1 Å². The molecule has 4 rings (SSSR count). The number of carbonyl (C=O) groups is 1. The summed E-state index contributed by atoms with van der Waals surface area (Å²) < 4.78 is 6.05. The Bertz CT molecular complexity index is 878. The molecule has 0 aliphatic carbocycles. The van der Waals surface area contributed by atoms with Crippen molar-refractivity contribution in [1.29, 1.82) is 0 Å². The van der Waals surface area contributed by atoms with Gasteiger partial charge in [0.05, 0.1) is 12.7 Å². The van der Waals surface area contributed by atoms with Gasteiger partial charge in [0.2, 0.25) is 0 Å². The van der Waals surface area contributed by atoms with Gasteiger partial charge in [-0.3, -0.25) is 19.6 Å². The van der Waals surface area contributed by atoms with Crippen LogP contribution in [0.4, 0.5) is 11.5 Å². The van der Waals surface area contributed by atoms with E-state index in [1.165, 1.54) is 0 Å². The molecule has 2 aromatic heterocycles. The van der Waals surface area contributed by atoms with Gasteiger partial charge in [0.1, 0.15) is 11.5 Å². The average Bonchev–Trinajstić information content (AvgIpc) is 3.05. The number of nitrogens with one attached hydrogen (secondary N) is 1. The van der Waals surface area contributed by atoms with Crippen LogP contribution < -0.4 is 10.2 Å². The van der Waals surface area contributed by atoms with Gasteiger partial charge in [-0.05, 0) is 51.1 Å². The normalized spacial score (nSPS) is 20.8. The van der Waals surface area contributed by atoms with Gasteiger partial charge in [-0.1, -0.05) is 6.07 Å². The Morgan fingerprint density at radius 3 is 2.78 bits per heavy atom. The predicted molar refractivity (Wildman–Crippen MR) is 126 cm³/mol. The number of carbonyl (C=O) groups excluding carboxylic acids is 1. The molecule has 8 nitrogen and oxygen atoms in total. The highest BCUT2D eigenvalue weighted by atomic mass is 16.5. The summed E-state index contributed by atoms with van der Waals surface area (Å²) in [5, 5.41) is 2.88. The van der Waals surface area contributed by atoms with Crippen molar-refractivity contribution in [2.45, 2.75) is 32.4 Å². The second kappa shape index (κ2) is 10.8. The van der Waals surface area contributed by atoms with Crippen molar-refractivity contribution in [3.63, 3.8) is 0 Å². The van der Waals surface area contributed by atoms with Crippen molar-refractivity contribution < 1.29 is 9.53 Å². The van der Waals surface area contributed by atoms with Crippen LogP contribution in [0.25, 0.3) is 0 Å². The monoisotopic (exact) mass is 438 g/mol. The van der Waals surface area contributed by atoms with E-state index in [0.717, 1.165) is 64.7 Å². The highest BCUT2D eigenvalue weighted by Gasteiger charge is 2.25. The molecule has 4 heterocycles. The Kier molecular flexibility index (Phi) is 7.68. The number of morpholine rings is 1. The second-order valence-corrected chi connectivity index (χ2v) is 8.79. The van der Waals surface area contributed by atoms with E-state index in [4.69, 9.17) is 4.74 Å². The van der Waals surface area contributed by atoms with Crippen molar-refractivity contribution in [2.75, 3.05) is 62.6 Å². The molecule has 1 amide bonds. The Morgan fingerprint density at radius 1 is 1.12 bits per heavy atom. The van der Waals surface area contributed by atoms with Gasteiger partial charge in [0.15, 0.2) is 0 Å². The van der Waals surface area contributed by atoms with Crippen molar-refractivity contribution in [2.24, 2.45) is 0 Å². The Balaban J connectivity index is 1.33. The topological polar surface area (TPSA) is 73.8 Å². The summed E-state index contributed by atoms with van der Waals surface area (Å²) in [6.45, 7) is 12.2. The Hall–Kier alpha value is -2.55. The molecule has 1 unspecified atom stereocenters. The summed E-state index contributed by atoms with van der Waals surface area (Å²) in [4.78, 5) is 28.6. The first kappa shape index (κ1) is 22.6. The number of hydrogen-bond donors (Lipinski definition) is 1. The molecular weight excluding hydrogens is 404 g/mol. The van der Waals surface area contributed by atoms with Crippen LogP contribution in [-0.2, 0) is 4.74 Å². The van der Waals surface area contributed by atoms with E-state index < -0.39 is 0 Å². The third kappa shape index (κ3) is 6.03. The number of ether oxygens (including phenoxy) is 1. The van der Waals surface area contributed by atoms with Gasteiger partial charge in [0, 0.05) is 63.4 Å². The second-order valence-electron chi connectivity index (χ2n) is 8.79. The fraction of sp³-hybridized carbons (Fsp3) is 0.542. The van der Waals surface area contributed by atoms with Gasteiger partial charge in [-0.2, -0.15) is 0 Å². The van der Waals surface area contributed by atoms with E-state index in [9.17, 15) is 4.79 Å². The lowest BCUT2D eigenvalue weighted by molar-refractivity contribution is -0.0514. The molecule has 2 aliphatic heterocycles. The van der Waals surface area contributed by atoms with Crippen LogP contribution in [-0.4, -0.2) is 90.2 Å². The maximum absolute atomic E-state index is 12.6. The lowest BCUT2D eigenvalue weighted by Gasteiger charge is -2.37. The molecule has 172 valence electrons. The number of aromatic nitrogens is 2. The van der Waals surface area contributed by atoms with Crippen LogP contribution in [0.2, 0.25) is 0 Å². The minimum Gasteiger partial charge on any atom is -0.374 e. The highest BCUT2D eigenvalue weighted by Crippen LogP contribution is 2.17. The fourth-order valence-corrected chi connectivity index (χ4v) is 4.35. The molecule has 2 aliphatic rings. The summed E-state index contributed by atoms with van der Waals surface area (Å²) >= 11 is 0. The molecule has 1 atom stereocenters. The molecule has 0 aromatic carbocycles. The molecule has 0 radical (unpaired) electrons. The first-order chi connectivity index (χ1) is 15.6. The van der Waals surface area contributed by atoms with E-state index in [1.54, 1.807) is 30.6 Å². The molecule has 8 heteroatoms. The minimum absolute atomic E-state index is 0.210. The van der Waals surface area contributed by atoms with Crippen LogP contribution in [0.5, 0.6) is 0 Å². The molecule has 2 aromatic rings. The molecule has 32 heavy (non-hydrogen) atoms. The van der Waals surface area contributed by atoms with Gasteiger partial charge >= 0.3 is 0 Å². The maximum Gasteiger partial charge on any atom is 0.274 e. The third-order valence-electron chi connectivity index (χ3n) is 6.18. The number of pyridine rings is 2. The highest BCUT2D eigenvalue weighted by molar-refractivity contribution is 6.03. The van der Waals surface area contributed by atoms with Crippen LogP contribution in [0.1, 0.15) is 30.8 Å². The smallest absolute Gasteiger partial charge is 0.274 e. The Morgan fingerprint density at radius 2 is 1.97 bits per heavy atom. The molecular formula is C24H34N6O2. The van der Waals surface area contributed by atoms with Gasteiger partial charge in [-0.15, -0.1) is 0 Å². The average molecular weight is 439 g/mol. The zero-order chi connectivity index (χ0) is 22.3. The maximum atomic E-state index is 12.6. The largest absolute Gasteiger partial charge is 0.374 e. The number of amides is 1. The van der Waals surface area contributed by atoms with E-state index in [-0.39, 0.29) is 12.0 Å². The number of hydrogen-bond acceptors (Lipinski definition) is 7. The Labute approximate surface area is 190 Å². The third-order valence-corrected chi connectivity index (χ3v) is 6.18. The van der Waals surface area contributed by atoms with Crippen molar-refractivity contribution in [1.82, 2.24) is 19.8 Å². The van der Waals surface area contributed by atoms with E-state index in [0.29, 0.717) is 17.4 Å².